The molecule has 1 amide bonds. The Bertz CT molecular complexity index is 1600. The summed E-state index contributed by atoms with van der Waals surface area (Å²) >= 11 is 0. The number of aryl methyl sites for hydroxylation is 3. The van der Waals surface area contributed by atoms with Crippen LogP contribution in [0.5, 0.6) is 0 Å². The van der Waals surface area contributed by atoms with Crippen molar-refractivity contribution in [3.63, 3.8) is 0 Å². The van der Waals surface area contributed by atoms with E-state index in [9.17, 15) is 10.1 Å². The van der Waals surface area contributed by atoms with Gasteiger partial charge in [-0.25, -0.2) is 0 Å². The maximum Gasteiger partial charge on any atom is 0.225 e. The largest absolute Gasteiger partial charge is 0.461 e. The Kier molecular flexibility index (Phi) is 6.61. The number of rotatable bonds is 7. The molecule has 0 aliphatic carbocycles. The molecule has 0 spiro atoms. The van der Waals surface area contributed by atoms with Gasteiger partial charge in [-0.1, -0.05) is 47.6 Å². The van der Waals surface area contributed by atoms with Crippen LogP contribution in [0.2, 0.25) is 0 Å². The van der Waals surface area contributed by atoms with Crippen LogP contribution in [-0.2, 0) is 17.6 Å². The summed E-state index contributed by atoms with van der Waals surface area (Å²) in [6, 6.07) is 25.1. The first-order valence-electron chi connectivity index (χ1n) is 12.2. The van der Waals surface area contributed by atoms with Gasteiger partial charge in [0.15, 0.2) is 0 Å². The molecule has 2 aromatic heterocycles. The van der Waals surface area contributed by atoms with Gasteiger partial charge < -0.3 is 14.3 Å². The Morgan fingerprint density at radius 2 is 1.84 bits per heavy atom. The summed E-state index contributed by atoms with van der Waals surface area (Å²) in [5.74, 6) is 1.53. The van der Waals surface area contributed by atoms with Gasteiger partial charge in [-0.3, -0.25) is 4.79 Å². The van der Waals surface area contributed by atoms with E-state index in [4.69, 9.17) is 8.94 Å². The smallest absolute Gasteiger partial charge is 0.225 e. The summed E-state index contributed by atoms with van der Waals surface area (Å²) in [7, 11) is 0. The van der Waals surface area contributed by atoms with Crippen LogP contribution in [-0.4, -0.2) is 11.1 Å². The summed E-state index contributed by atoms with van der Waals surface area (Å²) in [4.78, 5) is 13.2. The highest BCUT2D eigenvalue weighted by Crippen LogP contribution is 2.27. The van der Waals surface area contributed by atoms with Gasteiger partial charge in [0.25, 0.3) is 0 Å². The maximum absolute atomic E-state index is 13.2. The molecule has 184 valence electrons. The van der Waals surface area contributed by atoms with Gasteiger partial charge in [-0.05, 0) is 73.4 Å². The number of nitrogens with zero attached hydrogens (tertiary/aromatic N) is 2. The third-order valence-corrected chi connectivity index (χ3v) is 6.68. The summed E-state index contributed by atoms with van der Waals surface area (Å²) in [6.45, 7) is 5.79. The van der Waals surface area contributed by atoms with Gasteiger partial charge in [-0.2, -0.15) is 5.26 Å². The van der Waals surface area contributed by atoms with E-state index in [0.29, 0.717) is 12.0 Å². The van der Waals surface area contributed by atoms with E-state index in [1.54, 1.807) is 6.07 Å². The average Bonchev–Trinajstić information content (AvgIpc) is 3.45. The highest BCUT2D eigenvalue weighted by molar-refractivity contribution is 5.83. The minimum atomic E-state index is -0.319. The van der Waals surface area contributed by atoms with Crippen molar-refractivity contribution < 1.29 is 13.7 Å². The first-order valence-corrected chi connectivity index (χ1v) is 12.2. The molecule has 37 heavy (non-hydrogen) atoms. The van der Waals surface area contributed by atoms with Gasteiger partial charge in [0.1, 0.15) is 17.1 Å². The number of carbonyl (C=O) groups is 1. The molecule has 0 aliphatic heterocycles. The lowest BCUT2D eigenvalue weighted by atomic mass is 9.93. The Morgan fingerprint density at radius 1 is 1.03 bits per heavy atom. The maximum atomic E-state index is 13.2. The van der Waals surface area contributed by atoms with Gasteiger partial charge in [0.2, 0.25) is 5.91 Å². The number of hydrogen-bond acceptors (Lipinski definition) is 5. The monoisotopic (exact) mass is 489 g/mol. The minimum Gasteiger partial charge on any atom is -0.461 e. The summed E-state index contributed by atoms with van der Waals surface area (Å²) < 4.78 is 11.3. The lowest BCUT2D eigenvalue weighted by Gasteiger charge is -2.22. The second-order valence-electron chi connectivity index (χ2n) is 9.34. The van der Waals surface area contributed by atoms with Gasteiger partial charge >= 0.3 is 0 Å². The van der Waals surface area contributed by atoms with E-state index in [1.165, 1.54) is 0 Å². The molecule has 5 rings (SSSR count). The summed E-state index contributed by atoms with van der Waals surface area (Å²) in [5, 5.41) is 17.4. The zero-order valence-corrected chi connectivity index (χ0v) is 21.0. The van der Waals surface area contributed by atoms with E-state index in [-0.39, 0.29) is 18.4 Å². The van der Waals surface area contributed by atoms with Crippen LogP contribution in [0.3, 0.4) is 0 Å². The number of benzene rings is 3. The van der Waals surface area contributed by atoms with Gasteiger partial charge in [0, 0.05) is 17.4 Å². The molecule has 0 bridgehead atoms. The normalized spacial score (nSPS) is 11.8. The fourth-order valence-corrected chi connectivity index (χ4v) is 4.73. The first kappa shape index (κ1) is 24.1. The number of fused-ring (bicyclic) bond motifs is 1. The van der Waals surface area contributed by atoms with Crippen LogP contribution < -0.4 is 5.32 Å². The van der Waals surface area contributed by atoms with Crippen LogP contribution >= 0.6 is 0 Å². The molecule has 2 heterocycles. The molecule has 6 nitrogen and oxygen atoms in total. The fraction of sp³-hybridized carbons (Fsp3) is 0.194. The van der Waals surface area contributed by atoms with E-state index in [0.717, 1.165) is 56.0 Å². The predicted octanol–water partition coefficient (Wildman–Crippen LogP) is 6.26. The first-order chi connectivity index (χ1) is 17.9. The number of hydrogen-bond donors (Lipinski definition) is 1. The van der Waals surface area contributed by atoms with Crippen LogP contribution in [0.15, 0.2) is 81.7 Å². The number of carbonyl (C=O) groups excluding carboxylic acids is 1. The third kappa shape index (κ3) is 5.17. The molecule has 0 saturated carbocycles. The van der Waals surface area contributed by atoms with Crippen molar-refractivity contribution in [2.75, 3.05) is 0 Å². The molecule has 6 heteroatoms. The molecule has 1 unspecified atom stereocenters. The Labute approximate surface area is 215 Å². The molecule has 0 radical (unpaired) electrons. The van der Waals surface area contributed by atoms with E-state index >= 15 is 0 Å². The standard InChI is InChI=1S/C31H27N3O3/c1-19-13-23(18-32)9-11-27(19)31(24-7-5-4-6-8-24)33-30(35)15-22-10-12-29-25(14-22)16-26(36-29)17-28-20(2)34-37-21(28)3/h4-14,16,31H,15,17H2,1-3H3,(H,33,35). The number of nitriles is 1. The van der Waals surface area contributed by atoms with Crippen molar-refractivity contribution in [1.82, 2.24) is 10.5 Å². The molecule has 0 fully saturated rings. The predicted molar refractivity (Wildman–Crippen MR) is 141 cm³/mol. The van der Waals surface area contributed by atoms with E-state index in [2.05, 4.69) is 16.5 Å². The zero-order chi connectivity index (χ0) is 25.9. The SMILES string of the molecule is Cc1cc(C#N)ccc1C(NC(=O)Cc1ccc2oc(Cc3c(C)noc3C)cc2c1)c1ccccc1. The molecule has 0 saturated heterocycles. The van der Waals surface area contributed by atoms with Crippen molar-refractivity contribution in [2.45, 2.75) is 39.7 Å². The lowest BCUT2D eigenvalue weighted by Crippen LogP contribution is -2.31. The average molecular weight is 490 g/mol. The van der Waals surface area contributed by atoms with Crippen LogP contribution in [0.4, 0.5) is 0 Å². The second kappa shape index (κ2) is 10.2. The Balaban J connectivity index is 1.36. The van der Waals surface area contributed by atoms with Gasteiger partial charge in [0.05, 0.1) is 29.8 Å². The highest BCUT2D eigenvalue weighted by atomic mass is 16.5. The molecule has 5 aromatic rings. The van der Waals surface area contributed by atoms with Gasteiger partial charge in [-0.15, -0.1) is 0 Å². The summed E-state index contributed by atoms with van der Waals surface area (Å²) in [6.07, 6.45) is 0.841. The summed E-state index contributed by atoms with van der Waals surface area (Å²) in [5.41, 5.74) is 7.08. The fourth-order valence-electron chi connectivity index (χ4n) is 4.73. The van der Waals surface area contributed by atoms with Crippen LogP contribution in [0.1, 0.15) is 56.6 Å². The van der Waals surface area contributed by atoms with Crippen molar-refractivity contribution in [3.8, 4) is 6.07 Å². The van der Waals surface area contributed by atoms with Crippen LogP contribution in [0.25, 0.3) is 11.0 Å². The lowest BCUT2D eigenvalue weighted by molar-refractivity contribution is -0.120. The second-order valence-corrected chi connectivity index (χ2v) is 9.34. The minimum absolute atomic E-state index is 0.0867. The molecule has 3 aromatic carbocycles. The molecular weight excluding hydrogens is 462 g/mol. The number of furan rings is 1. The van der Waals surface area contributed by atoms with E-state index < -0.39 is 0 Å². The number of nitrogens with one attached hydrogen (secondary N) is 1. The van der Waals surface area contributed by atoms with Crippen molar-refractivity contribution >= 4 is 16.9 Å². The highest BCUT2D eigenvalue weighted by Gasteiger charge is 2.20. The molecule has 1 N–H and O–H groups in total. The molecule has 1 atom stereocenters. The Hall–Kier alpha value is -4.63. The van der Waals surface area contributed by atoms with Crippen LogP contribution in [0, 0.1) is 32.1 Å². The quantitative estimate of drug-likeness (QED) is 0.291. The van der Waals surface area contributed by atoms with Crippen molar-refractivity contribution in [1.29, 1.82) is 5.26 Å². The molecule has 0 aliphatic rings. The number of aromatic nitrogens is 1. The van der Waals surface area contributed by atoms with Crippen molar-refractivity contribution in [3.05, 3.63) is 123 Å². The van der Waals surface area contributed by atoms with E-state index in [1.807, 2.05) is 87.5 Å². The third-order valence-electron chi connectivity index (χ3n) is 6.68. The Morgan fingerprint density at radius 3 is 2.54 bits per heavy atom. The number of amides is 1. The molecular formula is C31H27N3O3. The topological polar surface area (TPSA) is 92.1 Å². The zero-order valence-electron chi connectivity index (χ0n) is 21.0. The van der Waals surface area contributed by atoms with Crippen molar-refractivity contribution in [2.24, 2.45) is 0 Å².